The summed E-state index contributed by atoms with van der Waals surface area (Å²) < 4.78 is 0. The number of amides is 1. The maximum absolute atomic E-state index is 11.6. The van der Waals surface area contributed by atoms with E-state index >= 15 is 0 Å². The van der Waals surface area contributed by atoms with Crippen LogP contribution in [0.25, 0.3) is 0 Å². The molecule has 1 amide bonds. The van der Waals surface area contributed by atoms with Crippen LogP contribution in [0.1, 0.15) is 58.3 Å². The van der Waals surface area contributed by atoms with E-state index in [4.69, 9.17) is 5.11 Å². The summed E-state index contributed by atoms with van der Waals surface area (Å²) in [6.45, 7) is 1.36. The van der Waals surface area contributed by atoms with Crippen molar-refractivity contribution in [3.05, 3.63) is 0 Å². The summed E-state index contributed by atoms with van der Waals surface area (Å²) in [5.74, 6) is -0.756. The van der Waals surface area contributed by atoms with Gasteiger partial charge in [0.15, 0.2) is 6.04 Å². The fourth-order valence-corrected chi connectivity index (χ4v) is 2.66. The van der Waals surface area contributed by atoms with Crippen LogP contribution in [0.4, 0.5) is 0 Å². The van der Waals surface area contributed by atoms with Crippen LogP contribution in [0.3, 0.4) is 0 Å². The highest BCUT2D eigenvalue weighted by atomic mass is 16.4. The molecule has 1 rings (SSSR count). The van der Waals surface area contributed by atoms with E-state index in [1.165, 1.54) is 39.0 Å². The van der Waals surface area contributed by atoms with E-state index in [0.29, 0.717) is 6.42 Å². The van der Waals surface area contributed by atoms with E-state index in [1.807, 2.05) is 0 Å². The largest absolute Gasteiger partial charge is 0.480 e. The number of carboxylic acid groups (broad SMARTS) is 1. The van der Waals surface area contributed by atoms with Gasteiger partial charge >= 0.3 is 5.97 Å². The van der Waals surface area contributed by atoms with E-state index < -0.39 is 18.1 Å². The van der Waals surface area contributed by atoms with Crippen LogP contribution in [-0.2, 0) is 9.59 Å². The van der Waals surface area contributed by atoms with Gasteiger partial charge in [0, 0.05) is 6.42 Å². The molecule has 0 unspecified atom stereocenters. The van der Waals surface area contributed by atoms with E-state index in [1.54, 1.807) is 0 Å². The molecule has 0 bridgehead atoms. The monoisotopic (exact) mass is 271 g/mol. The Morgan fingerprint density at radius 2 is 1.89 bits per heavy atom. The van der Waals surface area contributed by atoms with Gasteiger partial charge in [0.2, 0.25) is 5.91 Å². The second-order valence-electron chi connectivity index (χ2n) is 5.52. The highest BCUT2D eigenvalue weighted by Gasteiger charge is 2.24. The number of rotatable bonds is 7. The Balaban J connectivity index is 2.21. The summed E-state index contributed by atoms with van der Waals surface area (Å²) in [5, 5.41) is 20.5. The SMILES string of the molecule is C[C@@H](O)[C@H](NC(=O)CCCC1CCCCC1)C(=O)O. The van der Waals surface area contributed by atoms with Gasteiger partial charge in [-0.3, -0.25) is 4.79 Å². The lowest BCUT2D eigenvalue weighted by atomic mass is 9.86. The highest BCUT2D eigenvalue weighted by Crippen LogP contribution is 2.27. The Labute approximate surface area is 114 Å². The van der Waals surface area contributed by atoms with Crippen molar-refractivity contribution < 1.29 is 19.8 Å². The lowest BCUT2D eigenvalue weighted by Crippen LogP contribution is -2.47. The second-order valence-corrected chi connectivity index (χ2v) is 5.52. The van der Waals surface area contributed by atoms with Gasteiger partial charge in [-0.1, -0.05) is 32.1 Å². The Bertz CT molecular complexity index is 298. The molecule has 0 saturated heterocycles. The topological polar surface area (TPSA) is 86.6 Å². The minimum Gasteiger partial charge on any atom is -0.480 e. The first-order chi connectivity index (χ1) is 9.00. The van der Waals surface area contributed by atoms with Crippen molar-refractivity contribution in [3.8, 4) is 0 Å². The quantitative estimate of drug-likeness (QED) is 0.657. The summed E-state index contributed by atoms with van der Waals surface area (Å²) in [7, 11) is 0. The van der Waals surface area contributed by atoms with Crippen molar-refractivity contribution in [3.63, 3.8) is 0 Å². The molecular formula is C14H25NO4. The third-order valence-corrected chi connectivity index (χ3v) is 3.81. The molecule has 0 aliphatic heterocycles. The molecule has 0 heterocycles. The molecule has 1 saturated carbocycles. The van der Waals surface area contributed by atoms with Gasteiger partial charge in [0.05, 0.1) is 6.10 Å². The molecule has 0 aromatic carbocycles. The molecule has 5 nitrogen and oxygen atoms in total. The second kappa shape index (κ2) is 8.15. The fourth-order valence-electron chi connectivity index (χ4n) is 2.66. The van der Waals surface area contributed by atoms with Crippen LogP contribution in [0, 0.1) is 5.92 Å². The van der Waals surface area contributed by atoms with Gasteiger partial charge in [-0.2, -0.15) is 0 Å². The van der Waals surface area contributed by atoms with Gasteiger partial charge in [-0.25, -0.2) is 4.79 Å². The third-order valence-electron chi connectivity index (χ3n) is 3.81. The summed E-state index contributed by atoms with van der Waals surface area (Å²) >= 11 is 0. The molecule has 0 spiro atoms. The molecule has 110 valence electrons. The minimum absolute atomic E-state index is 0.288. The van der Waals surface area contributed by atoms with Crippen molar-refractivity contribution in [1.82, 2.24) is 5.32 Å². The molecule has 0 radical (unpaired) electrons. The predicted octanol–water partition coefficient (Wildman–Crippen LogP) is 1.69. The summed E-state index contributed by atoms with van der Waals surface area (Å²) in [6.07, 6.45) is 7.51. The summed E-state index contributed by atoms with van der Waals surface area (Å²) in [5.41, 5.74) is 0. The normalized spacial score (nSPS) is 19.7. The average molecular weight is 271 g/mol. The van der Waals surface area contributed by atoms with E-state index in [9.17, 15) is 14.7 Å². The Morgan fingerprint density at radius 1 is 1.26 bits per heavy atom. The Kier molecular flexibility index (Phi) is 6.84. The zero-order valence-electron chi connectivity index (χ0n) is 11.6. The van der Waals surface area contributed by atoms with Crippen molar-refractivity contribution in [1.29, 1.82) is 0 Å². The maximum atomic E-state index is 11.6. The minimum atomic E-state index is -1.21. The molecule has 1 aliphatic carbocycles. The molecule has 19 heavy (non-hydrogen) atoms. The van der Waals surface area contributed by atoms with Crippen LogP contribution < -0.4 is 5.32 Å². The fraction of sp³-hybridized carbons (Fsp3) is 0.857. The van der Waals surface area contributed by atoms with Crippen molar-refractivity contribution in [2.75, 3.05) is 0 Å². The number of carboxylic acids is 1. The molecule has 0 aromatic heterocycles. The van der Waals surface area contributed by atoms with E-state index in [-0.39, 0.29) is 5.91 Å². The first kappa shape index (κ1) is 16.0. The number of aliphatic hydroxyl groups excluding tert-OH is 1. The van der Waals surface area contributed by atoms with Crippen molar-refractivity contribution in [2.45, 2.75) is 70.4 Å². The van der Waals surface area contributed by atoms with Gasteiger partial charge in [-0.15, -0.1) is 0 Å². The molecule has 2 atom stereocenters. The molecule has 1 aliphatic rings. The maximum Gasteiger partial charge on any atom is 0.328 e. The summed E-state index contributed by atoms with van der Waals surface area (Å²) in [6, 6.07) is -1.21. The standard InChI is InChI=1S/C14H25NO4/c1-10(16)13(14(18)19)15-12(17)9-5-8-11-6-3-2-4-7-11/h10-11,13,16H,2-9H2,1H3,(H,15,17)(H,18,19)/t10-,13+/m1/s1. The first-order valence-electron chi connectivity index (χ1n) is 7.21. The van der Waals surface area contributed by atoms with Gasteiger partial charge in [-0.05, 0) is 25.7 Å². The third kappa shape index (κ3) is 6.05. The Morgan fingerprint density at radius 3 is 2.42 bits per heavy atom. The highest BCUT2D eigenvalue weighted by molar-refractivity contribution is 5.83. The zero-order chi connectivity index (χ0) is 14.3. The molecule has 5 heteroatoms. The number of aliphatic carboxylic acids is 1. The van der Waals surface area contributed by atoms with Crippen LogP contribution >= 0.6 is 0 Å². The van der Waals surface area contributed by atoms with E-state index in [2.05, 4.69) is 5.32 Å². The van der Waals surface area contributed by atoms with Gasteiger partial charge in [0.25, 0.3) is 0 Å². The Hall–Kier alpha value is -1.10. The summed E-state index contributed by atoms with van der Waals surface area (Å²) in [4.78, 5) is 22.4. The molecule has 1 fully saturated rings. The van der Waals surface area contributed by atoms with Gasteiger partial charge in [0.1, 0.15) is 0 Å². The smallest absolute Gasteiger partial charge is 0.328 e. The average Bonchev–Trinajstić information content (AvgIpc) is 2.36. The van der Waals surface area contributed by atoms with Crippen molar-refractivity contribution >= 4 is 11.9 Å². The van der Waals surface area contributed by atoms with Crippen LogP contribution in [0.2, 0.25) is 0 Å². The van der Waals surface area contributed by atoms with Gasteiger partial charge < -0.3 is 15.5 Å². The van der Waals surface area contributed by atoms with Crippen LogP contribution in [0.15, 0.2) is 0 Å². The zero-order valence-corrected chi connectivity index (χ0v) is 11.6. The molecule has 3 N–H and O–H groups in total. The number of hydrogen-bond donors (Lipinski definition) is 3. The van der Waals surface area contributed by atoms with Crippen molar-refractivity contribution in [2.24, 2.45) is 5.92 Å². The lowest BCUT2D eigenvalue weighted by Gasteiger charge is -2.21. The number of nitrogens with one attached hydrogen (secondary N) is 1. The molecular weight excluding hydrogens is 246 g/mol. The van der Waals surface area contributed by atoms with Crippen LogP contribution in [0.5, 0.6) is 0 Å². The number of carbonyl (C=O) groups excluding carboxylic acids is 1. The number of carbonyl (C=O) groups is 2. The number of hydrogen-bond acceptors (Lipinski definition) is 3. The van der Waals surface area contributed by atoms with E-state index in [0.717, 1.165) is 18.8 Å². The number of aliphatic hydroxyl groups is 1. The first-order valence-corrected chi connectivity index (χ1v) is 7.21. The predicted molar refractivity (Wildman–Crippen MR) is 71.7 cm³/mol. The van der Waals surface area contributed by atoms with Crippen LogP contribution in [-0.4, -0.2) is 34.2 Å². The lowest BCUT2D eigenvalue weighted by molar-refractivity contribution is -0.144. The molecule has 0 aromatic rings.